The summed E-state index contributed by atoms with van der Waals surface area (Å²) in [5.41, 5.74) is 5.38. The van der Waals surface area contributed by atoms with E-state index in [0.717, 1.165) is 18.5 Å². The van der Waals surface area contributed by atoms with Crippen LogP contribution in [-0.2, 0) is 27.4 Å². The number of carbonyl (C=O) groups excluding carboxylic acids is 1. The highest BCUT2D eigenvalue weighted by Crippen LogP contribution is 2.30. The predicted molar refractivity (Wildman–Crippen MR) is 76.7 cm³/mol. The molecule has 2 aromatic rings. The van der Waals surface area contributed by atoms with E-state index in [0.29, 0.717) is 5.56 Å². The van der Waals surface area contributed by atoms with Crippen LogP contribution in [0.15, 0.2) is 35.5 Å². The zero-order valence-corrected chi connectivity index (χ0v) is 12.7. The second kappa shape index (κ2) is 6.17. The van der Waals surface area contributed by atoms with Gasteiger partial charge in [-0.15, -0.1) is 0 Å². The smallest absolute Gasteiger partial charge is 0.369 e. The van der Waals surface area contributed by atoms with Gasteiger partial charge in [0.05, 0.1) is 11.3 Å². The number of primary amides is 1. The molecule has 1 aromatic carbocycles. The lowest BCUT2D eigenvalue weighted by Gasteiger charge is -2.10. The number of hydrogen-bond donors (Lipinski definition) is 2. The zero-order valence-electron chi connectivity index (χ0n) is 11.9. The van der Waals surface area contributed by atoms with Crippen LogP contribution < -0.4 is 10.9 Å². The van der Waals surface area contributed by atoms with Gasteiger partial charge in [0.25, 0.3) is 0 Å². The van der Waals surface area contributed by atoms with Crippen LogP contribution in [0.1, 0.15) is 11.4 Å². The molecular weight excluding hydrogens is 349 g/mol. The van der Waals surface area contributed by atoms with Gasteiger partial charge in [-0.3, -0.25) is 4.79 Å². The fourth-order valence-corrected chi connectivity index (χ4v) is 2.77. The van der Waals surface area contributed by atoms with Crippen molar-refractivity contribution in [3.8, 4) is 11.1 Å². The summed E-state index contributed by atoms with van der Waals surface area (Å²) in [6, 6.07) is 3.84. The molecule has 1 heterocycles. The second-order valence-corrected chi connectivity index (χ2v) is 6.34. The van der Waals surface area contributed by atoms with E-state index in [4.69, 9.17) is 10.9 Å². The molecule has 0 bridgehead atoms. The van der Waals surface area contributed by atoms with Crippen LogP contribution in [0.25, 0.3) is 11.1 Å². The Morgan fingerprint density at radius 2 is 1.75 bits per heavy atom. The van der Waals surface area contributed by atoms with Crippen molar-refractivity contribution in [2.24, 2.45) is 10.9 Å². The van der Waals surface area contributed by atoms with Gasteiger partial charge in [-0.1, -0.05) is 12.1 Å². The van der Waals surface area contributed by atoms with E-state index in [1.54, 1.807) is 0 Å². The summed E-state index contributed by atoms with van der Waals surface area (Å²) in [6.07, 6.45) is -3.25. The van der Waals surface area contributed by atoms with Crippen molar-refractivity contribution in [1.29, 1.82) is 0 Å². The van der Waals surface area contributed by atoms with Crippen LogP contribution in [0.4, 0.5) is 13.2 Å². The van der Waals surface area contributed by atoms with E-state index in [1.807, 2.05) is 0 Å². The Balaban J connectivity index is 2.55. The first-order valence-electron chi connectivity index (χ1n) is 6.32. The van der Waals surface area contributed by atoms with E-state index in [2.05, 4.69) is 9.97 Å². The number of aromatic nitrogens is 2. The summed E-state index contributed by atoms with van der Waals surface area (Å²) in [4.78, 5) is 16.9. The monoisotopic (exact) mass is 360 g/mol. The average molecular weight is 360 g/mol. The van der Waals surface area contributed by atoms with Crippen LogP contribution >= 0.6 is 0 Å². The molecule has 0 atom stereocenters. The maximum Gasteiger partial charge on any atom is 0.451 e. The number of nitrogens with two attached hydrogens (primary N) is 2. The van der Waals surface area contributed by atoms with Gasteiger partial charge < -0.3 is 5.73 Å². The average Bonchev–Trinajstić information content (AvgIpc) is 2.45. The van der Waals surface area contributed by atoms with Crippen molar-refractivity contribution in [2.75, 3.05) is 0 Å². The van der Waals surface area contributed by atoms with Crippen LogP contribution in [0.2, 0.25) is 0 Å². The van der Waals surface area contributed by atoms with Gasteiger partial charge in [-0.05, 0) is 11.6 Å². The van der Waals surface area contributed by atoms with Gasteiger partial charge >= 0.3 is 6.18 Å². The fourth-order valence-electron chi connectivity index (χ4n) is 1.97. The number of nitrogens with zero attached hydrogens (tertiary/aromatic N) is 2. The molecule has 0 saturated carbocycles. The lowest BCUT2D eigenvalue weighted by atomic mass is 10.0. The van der Waals surface area contributed by atoms with Crippen molar-refractivity contribution in [3.05, 3.63) is 42.0 Å². The van der Waals surface area contributed by atoms with E-state index >= 15 is 0 Å². The van der Waals surface area contributed by atoms with E-state index in [-0.39, 0.29) is 22.4 Å². The number of hydrogen-bond acceptors (Lipinski definition) is 5. The molecule has 0 spiro atoms. The minimum Gasteiger partial charge on any atom is -0.369 e. The van der Waals surface area contributed by atoms with Crippen molar-refractivity contribution < 1.29 is 26.4 Å². The van der Waals surface area contributed by atoms with Gasteiger partial charge in [0, 0.05) is 23.5 Å². The van der Waals surface area contributed by atoms with Gasteiger partial charge in [0.1, 0.15) is 0 Å². The molecule has 7 nitrogen and oxygen atoms in total. The molecule has 0 aliphatic carbocycles. The maximum atomic E-state index is 12.5. The third-order valence-corrected chi connectivity index (χ3v) is 3.90. The largest absolute Gasteiger partial charge is 0.451 e. The number of primary sulfonamides is 1. The number of alkyl halides is 3. The minimum absolute atomic E-state index is 0.0134. The molecule has 128 valence electrons. The van der Waals surface area contributed by atoms with E-state index < -0.39 is 27.9 Å². The highest BCUT2D eigenvalue weighted by molar-refractivity contribution is 7.89. The number of sulfonamides is 1. The summed E-state index contributed by atoms with van der Waals surface area (Å²) < 4.78 is 60.9. The molecule has 0 fully saturated rings. The minimum atomic E-state index is -4.72. The first-order valence-corrected chi connectivity index (χ1v) is 7.87. The predicted octanol–water partition coefficient (Wildman–Crippen LogP) is 0.838. The standard InChI is InChI=1S/C13H11F3N4O3S/c14-13(15,16)12-19-5-8(6-20-12)9-2-1-7(4-11(17)21)3-10(9)24(18,22)23/h1-3,5-6H,4H2,(H2,17,21)(H2,18,22,23). The first-order chi connectivity index (χ1) is 11.0. The van der Waals surface area contributed by atoms with Crippen molar-refractivity contribution in [1.82, 2.24) is 9.97 Å². The summed E-state index contributed by atoms with van der Waals surface area (Å²) in [5.74, 6) is -2.03. The molecule has 1 amide bonds. The molecule has 24 heavy (non-hydrogen) atoms. The zero-order chi connectivity index (χ0) is 18.1. The third-order valence-electron chi connectivity index (χ3n) is 2.95. The first kappa shape index (κ1) is 17.8. The van der Waals surface area contributed by atoms with Gasteiger partial charge in [-0.25, -0.2) is 23.5 Å². The van der Waals surface area contributed by atoms with Crippen LogP contribution in [0.3, 0.4) is 0 Å². The second-order valence-electron chi connectivity index (χ2n) is 4.81. The lowest BCUT2D eigenvalue weighted by Crippen LogP contribution is -2.17. The van der Waals surface area contributed by atoms with Gasteiger partial charge in [0.15, 0.2) is 0 Å². The van der Waals surface area contributed by atoms with Crippen LogP contribution in [0.5, 0.6) is 0 Å². The molecule has 11 heteroatoms. The van der Waals surface area contributed by atoms with Crippen LogP contribution in [-0.4, -0.2) is 24.3 Å². The number of rotatable bonds is 4. The molecule has 0 saturated heterocycles. The lowest BCUT2D eigenvalue weighted by molar-refractivity contribution is -0.145. The normalized spacial score (nSPS) is 12.2. The Morgan fingerprint density at radius 1 is 1.17 bits per heavy atom. The van der Waals surface area contributed by atoms with Crippen molar-refractivity contribution in [2.45, 2.75) is 17.5 Å². The van der Waals surface area contributed by atoms with Gasteiger partial charge in [0.2, 0.25) is 21.8 Å². The van der Waals surface area contributed by atoms with Crippen molar-refractivity contribution in [3.63, 3.8) is 0 Å². The van der Waals surface area contributed by atoms with E-state index in [9.17, 15) is 26.4 Å². The third kappa shape index (κ3) is 4.06. The molecule has 1 aromatic heterocycles. The quantitative estimate of drug-likeness (QED) is 0.834. The van der Waals surface area contributed by atoms with E-state index in [1.165, 1.54) is 12.1 Å². The Morgan fingerprint density at radius 3 is 2.21 bits per heavy atom. The Hall–Kier alpha value is -2.53. The number of carbonyl (C=O) groups is 1. The fraction of sp³-hybridized carbons (Fsp3) is 0.154. The Kier molecular flexibility index (Phi) is 4.58. The molecule has 2 rings (SSSR count). The molecule has 0 aliphatic rings. The molecular formula is C13H11F3N4O3S. The number of benzene rings is 1. The molecule has 0 unspecified atom stereocenters. The summed E-state index contributed by atoms with van der Waals surface area (Å²) in [5, 5.41) is 5.13. The van der Waals surface area contributed by atoms with Crippen LogP contribution in [0, 0.1) is 0 Å². The summed E-state index contributed by atoms with van der Waals surface area (Å²) >= 11 is 0. The highest BCUT2D eigenvalue weighted by atomic mass is 32.2. The summed E-state index contributed by atoms with van der Waals surface area (Å²) in [6.45, 7) is 0. The topological polar surface area (TPSA) is 129 Å². The Labute approximate surface area is 134 Å². The molecule has 0 radical (unpaired) electrons. The number of halogens is 3. The highest BCUT2D eigenvalue weighted by Gasteiger charge is 2.34. The van der Waals surface area contributed by atoms with Gasteiger partial charge in [-0.2, -0.15) is 13.2 Å². The van der Waals surface area contributed by atoms with Crippen molar-refractivity contribution >= 4 is 15.9 Å². The maximum absolute atomic E-state index is 12.5. The number of amides is 1. The molecule has 4 N–H and O–H groups in total. The SMILES string of the molecule is NC(=O)Cc1ccc(-c2cnc(C(F)(F)F)nc2)c(S(N)(=O)=O)c1. The summed E-state index contributed by atoms with van der Waals surface area (Å²) in [7, 11) is -4.21. The Bertz CT molecular complexity index is 880. The molecule has 0 aliphatic heterocycles.